The lowest BCUT2D eigenvalue weighted by atomic mass is 10.1. The summed E-state index contributed by atoms with van der Waals surface area (Å²) in [5, 5.41) is 2.95. The highest BCUT2D eigenvalue weighted by Crippen LogP contribution is 2.10. The summed E-state index contributed by atoms with van der Waals surface area (Å²) in [6.45, 7) is 2.00. The van der Waals surface area contributed by atoms with Gasteiger partial charge in [0.1, 0.15) is 0 Å². The number of hydrogen-bond donors (Lipinski definition) is 2. The maximum atomic E-state index is 12.1. The van der Waals surface area contributed by atoms with Crippen LogP contribution in [0.2, 0.25) is 0 Å². The van der Waals surface area contributed by atoms with Crippen molar-refractivity contribution in [1.29, 1.82) is 0 Å². The Kier molecular flexibility index (Phi) is 5.98. The Morgan fingerprint density at radius 3 is 2.64 bits per heavy atom. The van der Waals surface area contributed by atoms with Gasteiger partial charge in [-0.3, -0.25) is 4.79 Å². The predicted octanol–water partition coefficient (Wildman–Crippen LogP) is 2.40. The topological polar surface area (TPSA) is 58.4 Å². The third-order valence-corrected chi connectivity index (χ3v) is 3.58. The summed E-state index contributed by atoms with van der Waals surface area (Å²) in [6, 6.07) is 17.7. The number of benzene rings is 2. The normalized spacial score (nSPS) is 10.3. The van der Waals surface area contributed by atoms with Crippen molar-refractivity contribution in [3.05, 3.63) is 65.7 Å². The Balaban J connectivity index is 1.75. The van der Waals surface area contributed by atoms with Gasteiger partial charge in [0, 0.05) is 37.9 Å². The molecule has 2 aromatic carbocycles. The standard InChI is InChI=1S/C18H23N3O/c1-21(17-9-3-2-4-10-17)12-6-11-20-18(22)16-8-5-7-15(13-16)14-19/h2-5,7-10,13H,6,11-12,14,19H2,1H3,(H,20,22). The first-order valence-electron chi connectivity index (χ1n) is 7.54. The first kappa shape index (κ1) is 16.0. The summed E-state index contributed by atoms with van der Waals surface area (Å²) in [6.07, 6.45) is 0.897. The monoisotopic (exact) mass is 297 g/mol. The van der Waals surface area contributed by atoms with Crippen LogP contribution in [0.15, 0.2) is 54.6 Å². The molecule has 4 heteroatoms. The van der Waals surface area contributed by atoms with Crippen LogP contribution in [0.5, 0.6) is 0 Å². The van der Waals surface area contributed by atoms with Gasteiger partial charge in [-0.05, 0) is 36.2 Å². The third kappa shape index (κ3) is 4.60. The molecular weight excluding hydrogens is 274 g/mol. The largest absolute Gasteiger partial charge is 0.375 e. The molecule has 22 heavy (non-hydrogen) atoms. The SMILES string of the molecule is CN(CCCNC(=O)c1cccc(CN)c1)c1ccccc1. The molecule has 3 N–H and O–H groups in total. The number of para-hydroxylation sites is 1. The molecule has 116 valence electrons. The zero-order valence-electron chi connectivity index (χ0n) is 13.0. The van der Waals surface area contributed by atoms with E-state index < -0.39 is 0 Å². The number of nitrogens with zero attached hydrogens (tertiary/aromatic N) is 1. The first-order chi connectivity index (χ1) is 10.7. The maximum absolute atomic E-state index is 12.1. The lowest BCUT2D eigenvalue weighted by molar-refractivity contribution is 0.0953. The number of amides is 1. The Morgan fingerprint density at radius 1 is 1.14 bits per heavy atom. The average Bonchev–Trinajstić information content (AvgIpc) is 2.59. The van der Waals surface area contributed by atoms with Gasteiger partial charge >= 0.3 is 0 Å². The van der Waals surface area contributed by atoms with Crippen molar-refractivity contribution >= 4 is 11.6 Å². The van der Waals surface area contributed by atoms with Gasteiger partial charge in [-0.2, -0.15) is 0 Å². The molecule has 0 heterocycles. The van der Waals surface area contributed by atoms with E-state index in [1.54, 1.807) is 0 Å². The van der Waals surface area contributed by atoms with Crippen molar-refractivity contribution in [3.8, 4) is 0 Å². The second-order valence-corrected chi connectivity index (χ2v) is 5.27. The third-order valence-electron chi connectivity index (χ3n) is 3.58. The van der Waals surface area contributed by atoms with E-state index in [9.17, 15) is 4.79 Å². The van der Waals surface area contributed by atoms with Gasteiger partial charge in [-0.15, -0.1) is 0 Å². The number of carbonyl (C=O) groups is 1. The number of carbonyl (C=O) groups excluding carboxylic acids is 1. The zero-order chi connectivity index (χ0) is 15.8. The highest BCUT2D eigenvalue weighted by Gasteiger charge is 2.05. The van der Waals surface area contributed by atoms with Crippen LogP contribution in [0.1, 0.15) is 22.3 Å². The summed E-state index contributed by atoms with van der Waals surface area (Å²) >= 11 is 0. The van der Waals surface area contributed by atoms with Crippen molar-refractivity contribution in [3.63, 3.8) is 0 Å². The van der Waals surface area contributed by atoms with E-state index in [2.05, 4.69) is 29.4 Å². The fraction of sp³-hybridized carbons (Fsp3) is 0.278. The lowest BCUT2D eigenvalue weighted by Crippen LogP contribution is -2.28. The summed E-state index contributed by atoms with van der Waals surface area (Å²) in [5.41, 5.74) is 8.41. The molecule has 2 rings (SSSR count). The van der Waals surface area contributed by atoms with Crippen molar-refractivity contribution in [2.24, 2.45) is 5.73 Å². The van der Waals surface area contributed by atoms with E-state index in [4.69, 9.17) is 5.73 Å². The maximum Gasteiger partial charge on any atom is 0.251 e. The Hall–Kier alpha value is -2.33. The van der Waals surface area contributed by atoms with Gasteiger partial charge in [-0.25, -0.2) is 0 Å². The van der Waals surface area contributed by atoms with Crippen LogP contribution in [0, 0.1) is 0 Å². The molecule has 0 spiro atoms. The Labute approximate surface area is 131 Å². The van der Waals surface area contributed by atoms with Crippen molar-refractivity contribution in [2.75, 3.05) is 25.0 Å². The van der Waals surface area contributed by atoms with E-state index in [0.717, 1.165) is 18.5 Å². The van der Waals surface area contributed by atoms with Crippen LogP contribution in [0.4, 0.5) is 5.69 Å². The molecule has 0 aliphatic rings. The number of anilines is 1. The molecule has 0 bridgehead atoms. The van der Waals surface area contributed by atoms with Crippen molar-refractivity contribution < 1.29 is 4.79 Å². The smallest absolute Gasteiger partial charge is 0.251 e. The van der Waals surface area contributed by atoms with Crippen LogP contribution in [0.25, 0.3) is 0 Å². The van der Waals surface area contributed by atoms with Crippen LogP contribution in [-0.2, 0) is 6.54 Å². The van der Waals surface area contributed by atoms with Gasteiger partial charge < -0.3 is 16.0 Å². The Bertz CT molecular complexity index is 598. The highest BCUT2D eigenvalue weighted by atomic mass is 16.1. The van der Waals surface area contributed by atoms with Crippen LogP contribution in [-0.4, -0.2) is 26.0 Å². The second-order valence-electron chi connectivity index (χ2n) is 5.27. The van der Waals surface area contributed by atoms with E-state index in [1.165, 1.54) is 5.69 Å². The van der Waals surface area contributed by atoms with Crippen LogP contribution >= 0.6 is 0 Å². The zero-order valence-corrected chi connectivity index (χ0v) is 13.0. The Morgan fingerprint density at radius 2 is 1.91 bits per heavy atom. The van der Waals surface area contributed by atoms with Crippen LogP contribution < -0.4 is 16.0 Å². The summed E-state index contributed by atoms with van der Waals surface area (Å²) < 4.78 is 0. The van der Waals surface area contributed by atoms with Crippen LogP contribution in [0.3, 0.4) is 0 Å². The molecule has 1 amide bonds. The van der Waals surface area contributed by atoms with Gasteiger partial charge in [0.25, 0.3) is 5.91 Å². The fourth-order valence-electron chi connectivity index (χ4n) is 2.27. The molecule has 0 radical (unpaired) electrons. The minimum absolute atomic E-state index is 0.0438. The van der Waals surface area contributed by atoms with Gasteiger partial charge in [0.05, 0.1) is 0 Å². The highest BCUT2D eigenvalue weighted by molar-refractivity contribution is 5.94. The van der Waals surface area contributed by atoms with Gasteiger partial charge in [0.15, 0.2) is 0 Å². The van der Waals surface area contributed by atoms with E-state index in [1.807, 2.05) is 42.5 Å². The van der Waals surface area contributed by atoms with Gasteiger partial charge in [-0.1, -0.05) is 30.3 Å². The molecule has 0 unspecified atom stereocenters. The fourth-order valence-corrected chi connectivity index (χ4v) is 2.27. The number of nitrogens with two attached hydrogens (primary N) is 1. The van der Waals surface area contributed by atoms with Gasteiger partial charge in [0.2, 0.25) is 0 Å². The molecule has 0 aromatic heterocycles. The molecule has 0 saturated heterocycles. The average molecular weight is 297 g/mol. The van der Waals surface area contributed by atoms with Crippen molar-refractivity contribution in [2.45, 2.75) is 13.0 Å². The lowest BCUT2D eigenvalue weighted by Gasteiger charge is -2.19. The number of rotatable bonds is 7. The molecule has 0 atom stereocenters. The molecule has 0 aliphatic heterocycles. The number of hydrogen-bond acceptors (Lipinski definition) is 3. The van der Waals surface area contributed by atoms with E-state index >= 15 is 0 Å². The predicted molar refractivity (Wildman–Crippen MR) is 91.0 cm³/mol. The van der Waals surface area contributed by atoms with E-state index in [0.29, 0.717) is 18.7 Å². The summed E-state index contributed by atoms with van der Waals surface area (Å²) in [5.74, 6) is -0.0438. The van der Waals surface area contributed by atoms with E-state index in [-0.39, 0.29) is 5.91 Å². The molecule has 0 fully saturated rings. The van der Waals surface area contributed by atoms with Crippen molar-refractivity contribution in [1.82, 2.24) is 5.32 Å². The number of nitrogens with one attached hydrogen (secondary N) is 1. The minimum atomic E-state index is -0.0438. The minimum Gasteiger partial charge on any atom is -0.375 e. The molecule has 4 nitrogen and oxygen atoms in total. The molecule has 0 saturated carbocycles. The molecular formula is C18H23N3O. The summed E-state index contributed by atoms with van der Waals surface area (Å²) in [7, 11) is 2.06. The quantitative estimate of drug-likeness (QED) is 0.772. The molecule has 0 aliphatic carbocycles. The molecule has 2 aromatic rings. The summed E-state index contributed by atoms with van der Waals surface area (Å²) in [4.78, 5) is 14.2. The second kappa shape index (κ2) is 8.20. The first-order valence-corrected chi connectivity index (χ1v) is 7.54.